The summed E-state index contributed by atoms with van der Waals surface area (Å²) in [6, 6.07) is 10.2. The number of carbonyl (C=O) groups is 2. The molecule has 1 heterocycles. The van der Waals surface area contributed by atoms with Crippen molar-refractivity contribution in [3.8, 4) is 11.5 Å². The molecule has 2 aromatic carbocycles. The molecule has 0 bridgehead atoms. The van der Waals surface area contributed by atoms with Crippen molar-refractivity contribution in [3.63, 3.8) is 0 Å². The van der Waals surface area contributed by atoms with Crippen LogP contribution in [0.4, 0.5) is 0 Å². The van der Waals surface area contributed by atoms with E-state index in [-0.39, 0.29) is 11.7 Å². The Morgan fingerprint density at radius 3 is 2.50 bits per heavy atom. The normalized spacial score (nSPS) is 14.0. The van der Waals surface area contributed by atoms with Gasteiger partial charge in [-0.25, -0.2) is 10.2 Å². The summed E-state index contributed by atoms with van der Waals surface area (Å²) in [6.07, 6.45) is 2.11. The summed E-state index contributed by atoms with van der Waals surface area (Å²) < 4.78 is 16.6. The first-order valence-electron chi connectivity index (χ1n) is 10.9. The maximum Gasteiger partial charge on any atom is 0.379 e. The minimum absolute atomic E-state index is 0.129. The van der Waals surface area contributed by atoms with Gasteiger partial charge in [-0.15, -0.1) is 0 Å². The van der Waals surface area contributed by atoms with Gasteiger partial charge in [0, 0.05) is 28.1 Å². The number of amides is 1. The quantitative estimate of drug-likeness (QED) is 0.293. The lowest BCUT2D eigenvalue weighted by Gasteiger charge is -2.13. The van der Waals surface area contributed by atoms with Crippen LogP contribution in [0.5, 0.6) is 11.5 Å². The summed E-state index contributed by atoms with van der Waals surface area (Å²) in [5.74, 6) is 0.830. The molecule has 176 valence electrons. The number of methoxy groups -OCH3 is 1. The SMILES string of the molecule is COc1cccc(C(=O)N/N=C2\CCCc3oc(C(=O)Oc4cc(C)c(Cl)c(C)c4)c(C)c32)c1. The molecule has 0 radical (unpaired) electrons. The van der Waals surface area contributed by atoms with E-state index < -0.39 is 5.97 Å². The van der Waals surface area contributed by atoms with Crippen molar-refractivity contribution in [2.45, 2.75) is 40.0 Å². The van der Waals surface area contributed by atoms with Crippen LogP contribution in [0.2, 0.25) is 5.02 Å². The van der Waals surface area contributed by atoms with Crippen molar-refractivity contribution in [2.24, 2.45) is 5.10 Å². The molecule has 1 N–H and O–H groups in total. The van der Waals surface area contributed by atoms with E-state index in [0.717, 1.165) is 23.1 Å². The summed E-state index contributed by atoms with van der Waals surface area (Å²) in [6.45, 7) is 5.50. The van der Waals surface area contributed by atoms with E-state index in [4.69, 9.17) is 25.5 Å². The van der Waals surface area contributed by atoms with Gasteiger partial charge in [-0.05, 0) is 75.1 Å². The fourth-order valence-electron chi connectivity index (χ4n) is 4.04. The number of hydrogen-bond acceptors (Lipinski definition) is 6. The average Bonchev–Trinajstić information content (AvgIpc) is 3.18. The fourth-order valence-corrected chi connectivity index (χ4v) is 4.15. The minimum atomic E-state index is -0.590. The fraction of sp³-hybridized carbons (Fsp3) is 0.269. The van der Waals surface area contributed by atoms with E-state index in [0.29, 0.717) is 52.0 Å². The van der Waals surface area contributed by atoms with Crippen molar-refractivity contribution in [2.75, 3.05) is 7.11 Å². The highest BCUT2D eigenvalue weighted by Crippen LogP contribution is 2.31. The number of benzene rings is 2. The predicted molar refractivity (Wildman–Crippen MR) is 129 cm³/mol. The Morgan fingerprint density at radius 1 is 1.06 bits per heavy atom. The van der Waals surface area contributed by atoms with E-state index in [1.165, 1.54) is 0 Å². The van der Waals surface area contributed by atoms with Crippen LogP contribution in [0.15, 0.2) is 45.9 Å². The highest BCUT2D eigenvalue weighted by atomic mass is 35.5. The largest absolute Gasteiger partial charge is 0.497 e. The van der Waals surface area contributed by atoms with Gasteiger partial charge in [0.15, 0.2) is 0 Å². The second kappa shape index (κ2) is 9.73. The summed E-state index contributed by atoms with van der Waals surface area (Å²) in [7, 11) is 1.54. The van der Waals surface area contributed by atoms with Crippen molar-refractivity contribution >= 4 is 29.2 Å². The molecule has 0 spiro atoms. The molecule has 1 aliphatic rings. The second-order valence-electron chi connectivity index (χ2n) is 8.20. The molecule has 0 atom stereocenters. The van der Waals surface area contributed by atoms with Gasteiger partial charge in [0.05, 0.1) is 12.8 Å². The van der Waals surface area contributed by atoms with Crippen LogP contribution in [0.1, 0.15) is 61.8 Å². The Balaban J connectivity index is 1.57. The van der Waals surface area contributed by atoms with Crippen LogP contribution in [-0.2, 0) is 6.42 Å². The van der Waals surface area contributed by atoms with Crippen LogP contribution >= 0.6 is 11.6 Å². The summed E-state index contributed by atoms with van der Waals surface area (Å²) in [5, 5.41) is 5.00. The third-order valence-corrected chi connectivity index (χ3v) is 6.35. The number of carbonyl (C=O) groups excluding carboxylic acids is 2. The minimum Gasteiger partial charge on any atom is -0.497 e. The Hall–Kier alpha value is -3.58. The number of nitrogens with one attached hydrogen (secondary N) is 1. The van der Waals surface area contributed by atoms with Gasteiger partial charge in [-0.3, -0.25) is 4.79 Å². The maximum absolute atomic E-state index is 12.9. The third kappa shape index (κ3) is 4.70. The molecule has 3 aromatic rings. The first kappa shape index (κ1) is 23.6. The van der Waals surface area contributed by atoms with Crippen molar-refractivity contribution in [1.82, 2.24) is 5.43 Å². The molecule has 1 aliphatic carbocycles. The number of rotatable bonds is 5. The molecule has 1 aromatic heterocycles. The van der Waals surface area contributed by atoms with Crippen molar-refractivity contribution in [1.29, 1.82) is 0 Å². The van der Waals surface area contributed by atoms with Crippen LogP contribution in [-0.4, -0.2) is 24.7 Å². The number of fused-ring (bicyclic) bond motifs is 1. The third-order valence-electron chi connectivity index (χ3n) is 5.76. The summed E-state index contributed by atoms with van der Waals surface area (Å²) in [4.78, 5) is 25.5. The van der Waals surface area contributed by atoms with E-state index in [9.17, 15) is 9.59 Å². The molecule has 0 saturated heterocycles. The molecule has 0 saturated carbocycles. The van der Waals surface area contributed by atoms with E-state index in [1.807, 2.05) is 13.8 Å². The van der Waals surface area contributed by atoms with Gasteiger partial charge >= 0.3 is 5.97 Å². The number of hydrazone groups is 1. The summed E-state index contributed by atoms with van der Waals surface area (Å²) >= 11 is 6.21. The van der Waals surface area contributed by atoms with Gasteiger partial charge in [0.1, 0.15) is 17.3 Å². The highest BCUT2D eigenvalue weighted by molar-refractivity contribution is 6.32. The molecular formula is C26H25ClN2O5. The average molecular weight is 481 g/mol. The van der Waals surface area contributed by atoms with Crippen LogP contribution in [0, 0.1) is 20.8 Å². The maximum atomic E-state index is 12.9. The Kier molecular flexibility index (Phi) is 6.75. The first-order valence-corrected chi connectivity index (χ1v) is 11.3. The smallest absolute Gasteiger partial charge is 0.379 e. The standard InChI is InChI=1S/C26H25ClN2O5/c1-14-11-19(12-15(2)23(14)27)33-26(31)24-16(3)22-20(9-6-10-21(22)34-24)28-29-25(30)17-7-5-8-18(13-17)32-4/h5,7-8,11-13H,6,9-10H2,1-4H3,(H,29,30)/b28-20+. The molecule has 1 amide bonds. The lowest BCUT2D eigenvalue weighted by molar-refractivity contribution is 0.0698. The molecule has 4 rings (SSSR count). The molecule has 0 fully saturated rings. The van der Waals surface area contributed by atoms with Gasteiger partial charge < -0.3 is 13.9 Å². The first-order chi connectivity index (χ1) is 16.3. The number of hydrogen-bond donors (Lipinski definition) is 1. The highest BCUT2D eigenvalue weighted by Gasteiger charge is 2.29. The number of aryl methyl sites for hydroxylation is 3. The van der Waals surface area contributed by atoms with E-state index in [2.05, 4.69) is 10.5 Å². The van der Waals surface area contributed by atoms with E-state index in [1.54, 1.807) is 50.4 Å². The number of ether oxygens (including phenoxy) is 2. The molecule has 0 aliphatic heterocycles. The molecule has 0 unspecified atom stereocenters. The van der Waals surface area contributed by atoms with Crippen LogP contribution in [0.3, 0.4) is 0 Å². The zero-order valence-corrected chi connectivity index (χ0v) is 20.2. The van der Waals surface area contributed by atoms with Crippen LogP contribution in [0.25, 0.3) is 0 Å². The van der Waals surface area contributed by atoms with Crippen molar-refractivity contribution in [3.05, 3.63) is 80.8 Å². The lowest BCUT2D eigenvalue weighted by atomic mass is 9.93. The van der Waals surface area contributed by atoms with Gasteiger partial charge in [0.2, 0.25) is 5.76 Å². The van der Waals surface area contributed by atoms with Crippen LogP contribution < -0.4 is 14.9 Å². The Bertz CT molecular complexity index is 1290. The van der Waals surface area contributed by atoms with Gasteiger partial charge in [-0.2, -0.15) is 5.10 Å². The second-order valence-corrected chi connectivity index (χ2v) is 8.58. The zero-order chi connectivity index (χ0) is 24.4. The van der Waals surface area contributed by atoms with Crippen molar-refractivity contribution < 1.29 is 23.5 Å². The number of esters is 1. The molecule has 34 heavy (non-hydrogen) atoms. The number of halogens is 1. The lowest BCUT2D eigenvalue weighted by Crippen LogP contribution is -2.22. The number of furan rings is 1. The van der Waals surface area contributed by atoms with E-state index >= 15 is 0 Å². The molecule has 7 nitrogen and oxygen atoms in total. The number of nitrogens with zero attached hydrogens (tertiary/aromatic N) is 1. The monoisotopic (exact) mass is 480 g/mol. The molecule has 8 heteroatoms. The zero-order valence-electron chi connectivity index (χ0n) is 19.5. The van der Waals surface area contributed by atoms with Gasteiger partial charge in [0.25, 0.3) is 5.91 Å². The van der Waals surface area contributed by atoms with Gasteiger partial charge in [-0.1, -0.05) is 17.7 Å². The predicted octanol–water partition coefficient (Wildman–Crippen LogP) is 5.56. The summed E-state index contributed by atoms with van der Waals surface area (Å²) in [5.41, 5.74) is 6.72. The molecular weight excluding hydrogens is 456 g/mol. The Morgan fingerprint density at radius 2 is 1.79 bits per heavy atom. The topological polar surface area (TPSA) is 90.1 Å². The Labute approximate surface area is 202 Å².